The Kier molecular flexibility index (Phi) is 6.65. The van der Waals surface area contributed by atoms with Crippen molar-refractivity contribution in [2.75, 3.05) is 0 Å². The van der Waals surface area contributed by atoms with Gasteiger partial charge >= 0.3 is 5.92 Å². The summed E-state index contributed by atoms with van der Waals surface area (Å²) in [4.78, 5) is 3.91. The zero-order valence-electron chi connectivity index (χ0n) is 21.7. The van der Waals surface area contributed by atoms with E-state index in [2.05, 4.69) is 38.4 Å². The van der Waals surface area contributed by atoms with Crippen LogP contribution in [0.2, 0.25) is 0 Å². The molecule has 0 saturated heterocycles. The molecule has 3 heterocycles. The molecule has 42 heavy (non-hydrogen) atoms. The number of alkyl halides is 2. The lowest BCUT2D eigenvalue weighted by Gasteiger charge is -2.39. The molecule has 3 aromatic carbocycles. The number of hydrogen-bond acceptors (Lipinski definition) is 7. The molecule has 0 spiro atoms. The fourth-order valence-electron chi connectivity index (χ4n) is 4.62. The first-order chi connectivity index (χ1) is 20.3. The van der Waals surface area contributed by atoms with Gasteiger partial charge in [-0.3, -0.25) is 4.98 Å². The van der Waals surface area contributed by atoms with E-state index in [0.29, 0.717) is 29.0 Å². The first kappa shape index (κ1) is 26.7. The number of aromatic nitrogens is 5. The third-order valence-corrected chi connectivity index (χ3v) is 6.88. The van der Waals surface area contributed by atoms with Crippen molar-refractivity contribution in [3.63, 3.8) is 0 Å². The lowest BCUT2D eigenvalue weighted by Crippen LogP contribution is -2.49. The molecule has 1 aliphatic heterocycles. The summed E-state index contributed by atoms with van der Waals surface area (Å²) in [7, 11) is 0. The molecule has 8 nitrogen and oxygen atoms in total. The number of pyridine rings is 1. The maximum Gasteiger partial charge on any atom is 0.323 e. The number of benzene rings is 3. The largest absolute Gasteiger partial charge is 0.489 e. The number of rotatable bonds is 5. The zero-order valence-corrected chi connectivity index (χ0v) is 21.7. The molecule has 1 N–H and O–H groups in total. The second-order valence-electron chi connectivity index (χ2n) is 9.59. The van der Waals surface area contributed by atoms with Crippen molar-refractivity contribution in [3.05, 3.63) is 124 Å². The molecule has 0 saturated carbocycles. The molecular weight excluding hydrogens is 545 g/mol. The minimum absolute atomic E-state index is 0.0263. The highest BCUT2D eigenvalue weighted by molar-refractivity contribution is 5.64. The van der Waals surface area contributed by atoms with E-state index >= 15 is 8.78 Å². The van der Waals surface area contributed by atoms with E-state index in [-0.39, 0.29) is 17.0 Å². The first-order valence-corrected chi connectivity index (χ1v) is 12.6. The van der Waals surface area contributed by atoms with Gasteiger partial charge in [-0.05, 0) is 76.7 Å². The monoisotopic (exact) mass is 564 g/mol. The van der Waals surface area contributed by atoms with Gasteiger partial charge in [0.2, 0.25) is 0 Å². The quantitative estimate of drug-likeness (QED) is 0.308. The molecule has 1 atom stereocenters. The van der Waals surface area contributed by atoms with E-state index in [9.17, 15) is 9.50 Å². The normalized spacial score (nSPS) is 15.5. The van der Waals surface area contributed by atoms with Crippen molar-refractivity contribution in [1.82, 2.24) is 25.2 Å². The van der Waals surface area contributed by atoms with Crippen LogP contribution in [0.15, 0.2) is 85.1 Å². The van der Waals surface area contributed by atoms with Crippen molar-refractivity contribution in [3.8, 4) is 35.0 Å². The lowest BCUT2D eigenvalue weighted by molar-refractivity contribution is -0.207. The van der Waals surface area contributed by atoms with Gasteiger partial charge in [0.05, 0.1) is 18.2 Å². The SMILES string of the molecule is N#Cc1ccc(COc2ccc(C#Cc3ccc(C(F)(F)C4(O)Cn5nnnc5-c5cc(F)ccc54)nc3)cc2)cc1. The average molecular weight is 565 g/mol. The maximum atomic E-state index is 15.9. The van der Waals surface area contributed by atoms with Gasteiger partial charge in [0, 0.05) is 28.5 Å². The molecule has 206 valence electrons. The Balaban J connectivity index is 1.17. The van der Waals surface area contributed by atoms with Crippen LogP contribution >= 0.6 is 0 Å². The summed E-state index contributed by atoms with van der Waals surface area (Å²) in [6.07, 6.45) is 1.20. The number of hydrogen-bond donors (Lipinski definition) is 1. The minimum Gasteiger partial charge on any atom is -0.489 e. The van der Waals surface area contributed by atoms with Crippen LogP contribution in [-0.4, -0.2) is 30.3 Å². The van der Waals surface area contributed by atoms with Crippen LogP contribution in [0.5, 0.6) is 5.75 Å². The third-order valence-electron chi connectivity index (χ3n) is 6.88. The molecule has 0 aliphatic carbocycles. The van der Waals surface area contributed by atoms with Crippen LogP contribution in [0.4, 0.5) is 13.2 Å². The third kappa shape index (κ3) is 4.83. The van der Waals surface area contributed by atoms with Gasteiger partial charge in [-0.15, -0.1) is 5.10 Å². The van der Waals surface area contributed by atoms with E-state index in [0.717, 1.165) is 34.5 Å². The molecule has 1 unspecified atom stereocenters. The molecule has 0 radical (unpaired) electrons. The zero-order chi connectivity index (χ0) is 29.3. The highest BCUT2D eigenvalue weighted by Gasteiger charge is 2.59. The fraction of sp³-hybridized carbons (Fsp3) is 0.129. The minimum atomic E-state index is -3.89. The molecule has 6 rings (SSSR count). The summed E-state index contributed by atoms with van der Waals surface area (Å²) in [5.74, 6) is 1.99. The van der Waals surface area contributed by atoms with Gasteiger partial charge < -0.3 is 9.84 Å². The molecule has 1 aliphatic rings. The summed E-state index contributed by atoms with van der Waals surface area (Å²) in [6, 6.07) is 21.8. The number of nitriles is 1. The standard InChI is InChI=1S/C31H19F3N6O2/c32-24-10-13-27-26(15-24)29-37-38-39-40(29)19-30(27,41)31(33,34)28-14-9-22(17-36-28)4-1-20-7-11-25(12-8-20)42-18-23-5-2-21(16-35)3-6-23/h2-3,5-15,17,41H,18-19H2. The van der Waals surface area contributed by atoms with Crippen molar-refractivity contribution in [2.45, 2.75) is 24.7 Å². The van der Waals surface area contributed by atoms with Crippen LogP contribution in [0.25, 0.3) is 11.4 Å². The Hall–Kier alpha value is -5.52. The summed E-state index contributed by atoms with van der Waals surface area (Å²) >= 11 is 0. The smallest absolute Gasteiger partial charge is 0.323 e. The Morgan fingerprint density at radius 1 is 0.952 bits per heavy atom. The Morgan fingerprint density at radius 2 is 1.67 bits per heavy atom. The van der Waals surface area contributed by atoms with Crippen LogP contribution in [0, 0.1) is 29.0 Å². The predicted octanol–water partition coefficient (Wildman–Crippen LogP) is 4.72. The number of fused-ring (bicyclic) bond motifs is 3. The van der Waals surface area contributed by atoms with Crippen LogP contribution < -0.4 is 4.74 Å². The van der Waals surface area contributed by atoms with Crippen LogP contribution in [0.1, 0.15) is 33.5 Å². The number of aliphatic hydroxyl groups is 1. The molecule has 11 heteroatoms. The van der Waals surface area contributed by atoms with Gasteiger partial charge in [0.15, 0.2) is 11.4 Å². The van der Waals surface area contributed by atoms with Crippen LogP contribution in [0.3, 0.4) is 0 Å². The van der Waals surface area contributed by atoms with Crippen molar-refractivity contribution >= 4 is 0 Å². The molecule has 0 bridgehead atoms. The molecular formula is C31H19F3N6O2. The van der Waals surface area contributed by atoms with Gasteiger partial charge in [-0.25, -0.2) is 9.07 Å². The second kappa shape index (κ2) is 10.5. The topological polar surface area (TPSA) is 110 Å². The first-order valence-electron chi connectivity index (χ1n) is 12.6. The summed E-state index contributed by atoms with van der Waals surface area (Å²) < 4.78 is 52.5. The van der Waals surface area contributed by atoms with E-state index in [1.54, 1.807) is 36.4 Å². The van der Waals surface area contributed by atoms with Gasteiger partial charge in [0.1, 0.15) is 23.9 Å². The maximum absolute atomic E-state index is 15.9. The number of nitrogens with zero attached hydrogens (tertiary/aromatic N) is 6. The Morgan fingerprint density at radius 3 is 2.38 bits per heavy atom. The fourth-order valence-corrected chi connectivity index (χ4v) is 4.62. The Labute approximate surface area is 237 Å². The molecule has 5 aromatic rings. The molecule has 2 aromatic heterocycles. The highest BCUT2D eigenvalue weighted by Crippen LogP contribution is 2.50. The van der Waals surface area contributed by atoms with Gasteiger partial charge in [0.25, 0.3) is 0 Å². The summed E-state index contributed by atoms with van der Waals surface area (Å²) in [5.41, 5.74) is -1.14. The predicted molar refractivity (Wildman–Crippen MR) is 143 cm³/mol. The van der Waals surface area contributed by atoms with Crippen molar-refractivity contribution in [1.29, 1.82) is 5.26 Å². The van der Waals surface area contributed by atoms with E-state index in [4.69, 9.17) is 10.00 Å². The number of halogens is 3. The second-order valence-corrected chi connectivity index (χ2v) is 9.59. The summed E-state index contributed by atoms with van der Waals surface area (Å²) in [6.45, 7) is -0.314. The van der Waals surface area contributed by atoms with Gasteiger partial charge in [-0.1, -0.05) is 30.0 Å². The lowest BCUT2D eigenvalue weighted by atomic mass is 9.80. The number of tetrazole rings is 1. The van der Waals surface area contributed by atoms with E-state index in [1.165, 1.54) is 12.3 Å². The molecule has 0 fully saturated rings. The highest BCUT2D eigenvalue weighted by atomic mass is 19.3. The van der Waals surface area contributed by atoms with E-state index in [1.807, 2.05) is 12.1 Å². The number of ether oxygens (including phenoxy) is 1. The Bertz CT molecular complexity index is 1870. The average Bonchev–Trinajstić information content (AvgIpc) is 3.48. The van der Waals surface area contributed by atoms with E-state index < -0.39 is 29.6 Å². The van der Waals surface area contributed by atoms with Crippen molar-refractivity contribution < 1.29 is 23.0 Å². The summed E-state index contributed by atoms with van der Waals surface area (Å²) in [5, 5.41) is 31.2. The van der Waals surface area contributed by atoms with Gasteiger partial charge in [-0.2, -0.15) is 14.0 Å². The van der Waals surface area contributed by atoms with Crippen molar-refractivity contribution in [2.24, 2.45) is 0 Å². The molecule has 0 amide bonds. The van der Waals surface area contributed by atoms with Crippen LogP contribution in [-0.2, 0) is 24.7 Å².